The zero-order valence-electron chi connectivity index (χ0n) is 19.3. The van der Waals surface area contributed by atoms with Crippen LogP contribution in [0.25, 0.3) is 10.9 Å². The highest BCUT2D eigenvalue weighted by Gasteiger charge is 2.26. The molecule has 170 valence electrons. The summed E-state index contributed by atoms with van der Waals surface area (Å²) in [5.41, 5.74) is 3.62. The molecule has 0 aliphatic rings. The first-order valence-electron chi connectivity index (χ1n) is 10.5. The maximum absolute atomic E-state index is 11.3. The van der Waals surface area contributed by atoms with Gasteiger partial charge in [0.2, 0.25) is 0 Å². The summed E-state index contributed by atoms with van der Waals surface area (Å²) >= 11 is 0. The number of methoxy groups -OCH3 is 3. The molecule has 2 aromatic carbocycles. The Balaban J connectivity index is 1.95. The Hall–Kier alpha value is -4.00. The molecule has 4 rings (SSSR count). The van der Waals surface area contributed by atoms with Crippen molar-refractivity contribution in [3.63, 3.8) is 0 Å². The number of hydrogen-bond donors (Lipinski definition) is 2. The molecule has 0 aliphatic carbocycles. The van der Waals surface area contributed by atoms with E-state index in [0.717, 1.165) is 22.3 Å². The molecule has 7 heteroatoms. The highest BCUT2D eigenvalue weighted by atomic mass is 16.5. The molecule has 0 radical (unpaired) electrons. The molecule has 0 saturated carbocycles. The second-order valence-corrected chi connectivity index (χ2v) is 7.72. The highest BCUT2D eigenvalue weighted by Crippen LogP contribution is 2.43. The normalized spacial score (nSPS) is 11.8. The number of phenols is 1. The Morgan fingerprint density at radius 1 is 0.758 bits per heavy atom. The number of aryl methyl sites for hydroxylation is 2. The smallest absolute Gasteiger partial charge is 0.164 e. The Labute approximate surface area is 193 Å². The maximum Gasteiger partial charge on any atom is 0.164 e. The number of anilines is 1. The zero-order chi connectivity index (χ0) is 23.5. The van der Waals surface area contributed by atoms with Crippen LogP contribution in [0.3, 0.4) is 0 Å². The maximum atomic E-state index is 11.3. The highest BCUT2D eigenvalue weighted by molar-refractivity contribution is 5.86. The van der Waals surface area contributed by atoms with Crippen LogP contribution in [0.5, 0.6) is 23.0 Å². The third kappa shape index (κ3) is 4.35. The van der Waals surface area contributed by atoms with Crippen molar-refractivity contribution in [1.29, 1.82) is 0 Å². The van der Waals surface area contributed by atoms with Crippen molar-refractivity contribution in [2.24, 2.45) is 0 Å². The van der Waals surface area contributed by atoms with E-state index in [9.17, 15) is 5.11 Å². The van der Waals surface area contributed by atoms with E-state index in [0.29, 0.717) is 34.1 Å². The SMILES string of the molecule is COc1cc(OC)c(C(Nc2cccc(C)n2)c2ccc3ccc(C)nc3c2O)cc1OC. The minimum atomic E-state index is -0.513. The number of aromatic nitrogens is 2. The molecule has 2 aromatic heterocycles. The third-order valence-electron chi connectivity index (χ3n) is 5.54. The summed E-state index contributed by atoms with van der Waals surface area (Å²) in [6, 6.07) is 16.5. The molecule has 0 aliphatic heterocycles. The molecular formula is C26H27N3O4. The van der Waals surface area contributed by atoms with E-state index < -0.39 is 6.04 Å². The van der Waals surface area contributed by atoms with Crippen LogP contribution < -0.4 is 19.5 Å². The second-order valence-electron chi connectivity index (χ2n) is 7.72. The lowest BCUT2D eigenvalue weighted by atomic mass is 9.94. The number of rotatable bonds is 7. The van der Waals surface area contributed by atoms with Crippen molar-refractivity contribution < 1.29 is 19.3 Å². The van der Waals surface area contributed by atoms with Crippen LogP contribution in [-0.2, 0) is 0 Å². The second kappa shape index (κ2) is 9.24. The molecular weight excluding hydrogens is 418 g/mol. The molecule has 0 spiro atoms. The molecule has 1 atom stereocenters. The first-order valence-corrected chi connectivity index (χ1v) is 10.5. The molecule has 2 heterocycles. The van der Waals surface area contributed by atoms with Gasteiger partial charge in [-0.15, -0.1) is 0 Å². The summed E-state index contributed by atoms with van der Waals surface area (Å²) in [5.74, 6) is 2.43. The van der Waals surface area contributed by atoms with Gasteiger partial charge in [-0.1, -0.05) is 24.3 Å². The van der Waals surface area contributed by atoms with Crippen LogP contribution in [0.1, 0.15) is 28.6 Å². The van der Waals surface area contributed by atoms with Crippen molar-refractivity contribution >= 4 is 16.7 Å². The first-order chi connectivity index (χ1) is 15.9. The summed E-state index contributed by atoms with van der Waals surface area (Å²) in [7, 11) is 4.75. The van der Waals surface area contributed by atoms with Crippen LogP contribution in [0.2, 0.25) is 0 Å². The summed E-state index contributed by atoms with van der Waals surface area (Å²) in [5, 5.41) is 15.6. The number of benzene rings is 2. The van der Waals surface area contributed by atoms with Crippen molar-refractivity contribution in [2.45, 2.75) is 19.9 Å². The minimum Gasteiger partial charge on any atom is -0.505 e. The largest absolute Gasteiger partial charge is 0.505 e. The van der Waals surface area contributed by atoms with Crippen molar-refractivity contribution in [1.82, 2.24) is 9.97 Å². The number of hydrogen-bond acceptors (Lipinski definition) is 7. The summed E-state index contributed by atoms with van der Waals surface area (Å²) in [6.45, 7) is 3.83. The van der Waals surface area contributed by atoms with Crippen LogP contribution in [-0.4, -0.2) is 36.4 Å². The van der Waals surface area contributed by atoms with E-state index >= 15 is 0 Å². The molecule has 7 nitrogen and oxygen atoms in total. The third-order valence-corrected chi connectivity index (χ3v) is 5.54. The van der Waals surface area contributed by atoms with E-state index in [1.165, 1.54) is 0 Å². The van der Waals surface area contributed by atoms with Crippen LogP contribution in [0.15, 0.2) is 54.6 Å². The van der Waals surface area contributed by atoms with Gasteiger partial charge in [-0.3, -0.25) is 0 Å². The fourth-order valence-corrected chi connectivity index (χ4v) is 3.89. The lowest BCUT2D eigenvalue weighted by Gasteiger charge is -2.25. The summed E-state index contributed by atoms with van der Waals surface area (Å²) < 4.78 is 16.7. The molecule has 2 N–H and O–H groups in total. The van der Waals surface area contributed by atoms with Gasteiger partial charge in [0.05, 0.1) is 27.4 Å². The van der Waals surface area contributed by atoms with Gasteiger partial charge in [0, 0.05) is 34.0 Å². The predicted molar refractivity (Wildman–Crippen MR) is 129 cm³/mol. The van der Waals surface area contributed by atoms with Crippen molar-refractivity contribution in [3.8, 4) is 23.0 Å². The number of pyridine rings is 2. The molecule has 4 aromatic rings. The van der Waals surface area contributed by atoms with Gasteiger partial charge in [0.25, 0.3) is 0 Å². The van der Waals surface area contributed by atoms with Gasteiger partial charge < -0.3 is 24.6 Å². The van der Waals surface area contributed by atoms with E-state index in [2.05, 4.69) is 15.3 Å². The predicted octanol–water partition coefficient (Wildman–Crippen LogP) is 5.18. The van der Waals surface area contributed by atoms with Crippen molar-refractivity contribution in [2.75, 3.05) is 26.6 Å². The van der Waals surface area contributed by atoms with Gasteiger partial charge in [-0.25, -0.2) is 9.97 Å². The molecule has 0 fully saturated rings. The number of aromatic hydroxyl groups is 1. The van der Waals surface area contributed by atoms with E-state index in [4.69, 9.17) is 14.2 Å². The van der Waals surface area contributed by atoms with Gasteiger partial charge in [0.15, 0.2) is 11.5 Å². The average molecular weight is 446 g/mol. The number of ether oxygens (including phenoxy) is 3. The quantitative estimate of drug-likeness (QED) is 0.405. The zero-order valence-corrected chi connectivity index (χ0v) is 19.3. The topological polar surface area (TPSA) is 85.7 Å². The molecule has 1 unspecified atom stereocenters. The Morgan fingerprint density at radius 3 is 2.12 bits per heavy atom. The number of phenolic OH excluding ortho intramolecular Hbond substituents is 1. The van der Waals surface area contributed by atoms with Gasteiger partial charge in [0.1, 0.15) is 22.8 Å². The monoisotopic (exact) mass is 445 g/mol. The number of nitrogens with zero attached hydrogens (tertiary/aromatic N) is 2. The Kier molecular flexibility index (Phi) is 6.22. The standard InChI is InChI=1S/C26H27N3O4/c1-15-7-6-8-23(27-15)29-25(19-13-21(32-4)22(33-5)14-20(19)31-3)18-12-11-17-10-9-16(2)28-24(17)26(18)30/h6-14,25,30H,1-5H3,(H,27,29). The first kappa shape index (κ1) is 22.2. The Morgan fingerprint density at radius 2 is 1.42 bits per heavy atom. The van der Waals surface area contributed by atoms with Gasteiger partial charge in [-0.05, 0) is 38.1 Å². The van der Waals surface area contributed by atoms with Gasteiger partial charge in [-0.2, -0.15) is 0 Å². The molecule has 0 amide bonds. The molecule has 33 heavy (non-hydrogen) atoms. The number of nitrogens with one attached hydrogen (secondary N) is 1. The minimum absolute atomic E-state index is 0.0955. The number of fused-ring (bicyclic) bond motifs is 1. The fraction of sp³-hybridized carbons (Fsp3) is 0.231. The van der Waals surface area contributed by atoms with Crippen LogP contribution >= 0.6 is 0 Å². The van der Waals surface area contributed by atoms with Crippen LogP contribution in [0, 0.1) is 13.8 Å². The van der Waals surface area contributed by atoms with E-state index in [1.807, 2.05) is 62.4 Å². The van der Waals surface area contributed by atoms with Crippen molar-refractivity contribution in [3.05, 3.63) is 77.1 Å². The summed E-state index contributed by atoms with van der Waals surface area (Å²) in [6.07, 6.45) is 0. The Bertz CT molecular complexity index is 1310. The molecule has 0 bridgehead atoms. The van der Waals surface area contributed by atoms with E-state index in [-0.39, 0.29) is 5.75 Å². The van der Waals surface area contributed by atoms with E-state index in [1.54, 1.807) is 27.4 Å². The lowest BCUT2D eigenvalue weighted by molar-refractivity contribution is 0.347. The summed E-state index contributed by atoms with van der Waals surface area (Å²) in [4.78, 5) is 9.16. The van der Waals surface area contributed by atoms with Gasteiger partial charge >= 0.3 is 0 Å². The van der Waals surface area contributed by atoms with Crippen LogP contribution in [0.4, 0.5) is 5.82 Å². The lowest BCUT2D eigenvalue weighted by Crippen LogP contribution is -2.15. The molecule has 0 saturated heterocycles. The average Bonchev–Trinajstić information content (AvgIpc) is 2.82. The fourth-order valence-electron chi connectivity index (χ4n) is 3.89.